The van der Waals surface area contributed by atoms with Gasteiger partial charge in [0.25, 0.3) is 0 Å². The summed E-state index contributed by atoms with van der Waals surface area (Å²) in [4.78, 5) is 3.69. The molecule has 2 aromatic carbocycles. The summed E-state index contributed by atoms with van der Waals surface area (Å²) < 4.78 is 1.33. The summed E-state index contributed by atoms with van der Waals surface area (Å²) in [5.41, 5.74) is 8.60. The zero-order valence-corrected chi connectivity index (χ0v) is 13.1. The molecule has 0 radical (unpaired) electrons. The van der Waals surface area contributed by atoms with Crippen molar-refractivity contribution in [2.75, 3.05) is 11.4 Å². The van der Waals surface area contributed by atoms with Gasteiger partial charge in [0.2, 0.25) is 0 Å². The molecule has 3 rings (SSSR count). The van der Waals surface area contributed by atoms with Crippen LogP contribution in [0.2, 0.25) is 0 Å². The van der Waals surface area contributed by atoms with Crippen molar-refractivity contribution in [3.63, 3.8) is 0 Å². The van der Waals surface area contributed by atoms with Gasteiger partial charge in [-0.25, -0.2) is 0 Å². The lowest BCUT2D eigenvalue weighted by atomic mass is 10.1. The Morgan fingerprint density at radius 2 is 1.71 bits per heavy atom. The lowest BCUT2D eigenvalue weighted by Gasteiger charge is -2.23. The van der Waals surface area contributed by atoms with Crippen molar-refractivity contribution in [1.29, 1.82) is 0 Å². The van der Waals surface area contributed by atoms with E-state index in [9.17, 15) is 0 Å². The number of nitrogens with zero attached hydrogens (tertiary/aromatic N) is 1. The van der Waals surface area contributed by atoms with Crippen LogP contribution in [0, 0.1) is 0 Å². The minimum Gasteiger partial charge on any atom is -0.367 e. The van der Waals surface area contributed by atoms with E-state index in [1.54, 1.807) is 0 Å². The van der Waals surface area contributed by atoms with Gasteiger partial charge in [-0.2, -0.15) is 0 Å². The number of hydrogen-bond acceptors (Lipinski definition) is 3. The number of benzene rings is 2. The molecule has 2 nitrogen and oxygen atoms in total. The van der Waals surface area contributed by atoms with Crippen LogP contribution in [0.15, 0.2) is 54.6 Å². The second kappa shape index (κ2) is 6.29. The summed E-state index contributed by atoms with van der Waals surface area (Å²) >= 11 is 1.82. The molecule has 108 valence electrons. The van der Waals surface area contributed by atoms with E-state index in [1.165, 1.54) is 26.2 Å². The second-order valence-corrected chi connectivity index (χ2v) is 6.19. The van der Waals surface area contributed by atoms with Gasteiger partial charge in [-0.15, -0.1) is 11.3 Å². The van der Waals surface area contributed by atoms with Gasteiger partial charge in [-0.1, -0.05) is 36.4 Å². The summed E-state index contributed by atoms with van der Waals surface area (Å²) in [6, 6.07) is 19.2. The monoisotopic (exact) mass is 296 g/mol. The van der Waals surface area contributed by atoms with E-state index in [1.807, 2.05) is 11.3 Å². The van der Waals surface area contributed by atoms with Gasteiger partial charge in [0.1, 0.15) is 0 Å². The fraction of sp³-hybridized carbons (Fsp3) is 0.222. The molecular formula is C18H20N2S. The highest BCUT2D eigenvalue weighted by molar-refractivity contribution is 7.19. The minimum absolute atomic E-state index is 0.612. The van der Waals surface area contributed by atoms with Crippen LogP contribution in [0.25, 0.3) is 10.1 Å². The van der Waals surface area contributed by atoms with Crippen LogP contribution in [0.3, 0.4) is 0 Å². The Labute approximate surface area is 129 Å². The first-order chi connectivity index (χ1) is 10.3. The Bertz CT molecular complexity index is 718. The van der Waals surface area contributed by atoms with Crippen molar-refractivity contribution < 1.29 is 0 Å². The number of fused-ring (bicyclic) bond motifs is 1. The predicted octanol–water partition coefficient (Wildman–Crippen LogP) is 4.39. The standard InChI is InChI=1S/C18H20N2S/c1-2-20(14-8-4-3-5-9-14)13-16-15-10-6-7-11-17(15)21-18(16)12-19/h3-11H,2,12-13,19H2,1H3. The fourth-order valence-electron chi connectivity index (χ4n) is 2.70. The van der Waals surface area contributed by atoms with Crippen molar-refractivity contribution >= 4 is 27.1 Å². The fourth-order valence-corrected chi connectivity index (χ4v) is 3.80. The molecule has 0 aliphatic rings. The van der Waals surface area contributed by atoms with Gasteiger partial charge in [0, 0.05) is 34.9 Å². The number of para-hydroxylation sites is 1. The Balaban J connectivity index is 2.00. The molecule has 1 aromatic heterocycles. The van der Waals surface area contributed by atoms with Crippen molar-refractivity contribution in [2.24, 2.45) is 5.73 Å². The molecule has 0 bridgehead atoms. The molecular weight excluding hydrogens is 276 g/mol. The third-order valence-corrected chi connectivity index (χ3v) is 5.05. The highest BCUT2D eigenvalue weighted by Gasteiger charge is 2.14. The molecule has 0 amide bonds. The summed E-state index contributed by atoms with van der Waals surface area (Å²) in [5.74, 6) is 0. The van der Waals surface area contributed by atoms with E-state index in [2.05, 4.69) is 66.4 Å². The minimum atomic E-state index is 0.612. The lowest BCUT2D eigenvalue weighted by molar-refractivity contribution is 0.829. The largest absolute Gasteiger partial charge is 0.367 e. The van der Waals surface area contributed by atoms with Crippen molar-refractivity contribution in [3.05, 3.63) is 65.0 Å². The van der Waals surface area contributed by atoms with Gasteiger partial charge in [0.05, 0.1) is 0 Å². The zero-order chi connectivity index (χ0) is 14.7. The van der Waals surface area contributed by atoms with Crippen molar-refractivity contribution in [3.8, 4) is 0 Å². The topological polar surface area (TPSA) is 29.3 Å². The number of hydrogen-bond donors (Lipinski definition) is 1. The molecule has 2 N–H and O–H groups in total. The van der Waals surface area contributed by atoms with Crippen LogP contribution >= 0.6 is 11.3 Å². The van der Waals surface area contributed by atoms with Crippen LogP contribution in [-0.4, -0.2) is 6.54 Å². The SMILES string of the molecule is CCN(Cc1c(CN)sc2ccccc12)c1ccccc1. The first-order valence-electron chi connectivity index (χ1n) is 7.32. The Morgan fingerprint density at radius 1 is 1.00 bits per heavy atom. The molecule has 0 spiro atoms. The molecule has 0 aliphatic heterocycles. The zero-order valence-electron chi connectivity index (χ0n) is 12.3. The highest BCUT2D eigenvalue weighted by atomic mass is 32.1. The maximum absolute atomic E-state index is 5.96. The molecule has 1 heterocycles. The average Bonchev–Trinajstić information content (AvgIpc) is 2.91. The molecule has 0 aliphatic carbocycles. The first kappa shape index (κ1) is 14.1. The molecule has 0 fully saturated rings. The molecule has 0 unspecified atom stereocenters. The molecule has 0 saturated heterocycles. The normalized spacial score (nSPS) is 11.0. The second-order valence-electron chi connectivity index (χ2n) is 5.05. The van der Waals surface area contributed by atoms with Crippen molar-refractivity contribution in [2.45, 2.75) is 20.0 Å². The number of nitrogens with two attached hydrogens (primary N) is 1. The van der Waals surface area contributed by atoms with Gasteiger partial charge in [-0.3, -0.25) is 0 Å². The maximum Gasteiger partial charge on any atom is 0.0447 e. The third kappa shape index (κ3) is 2.80. The summed E-state index contributed by atoms with van der Waals surface area (Å²) in [5, 5.41) is 1.34. The van der Waals surface area contributed by atoms with Gasteiger partial charge in [0.15, 0.2) is 0 Å². The smallest absolute Gasteiger partial charge is 0.0447 e. The summed E-state index contributed by atoms with van der Waals surface area (Å²) in [6.07, 6.45) is 0. The molecule has 3 heteroatoms. The van der Waals surface area contributed by atoms with E-state index >= 15 is 0 Å². The van der Waals surface area contributed by atoms with Crippen LogP contribution in [-0.2, 0) is 13.1 Å². The first-order valence-corrected chi connectivity index (χ1v) is 8.14. The Kier molecular flexibility index (Phi) is 4.23. The van der Waals surface area contributed by atoms with Crippen LogP contribution in [0.1, 0.15) is 17.4 Å². The summed E-state index contributed by atoms with van der Waals surface area (Å²) in [6.45, 7) is 4.71. The van der Waals surface area contributed by atoms with Gasteiger partial charge >= 0.3 is 0 Å². The van der Waals surface area contributed by atoms with E-state index in [4.69, 9.17) is 5.73 Å². The van der Waals surface area contributed by atoms with E-state index in [-0.39, 0.29) is 0 Å². The van der Waals surface area contributed by atoms with Crippen LogP contribution in [0.4, 0.5) is 5.69 Å². The highest BCUT2D eigenvalue weighted by Crippen LogP contribution is 2.32. The average molecular weight is 296 g/mol. The van der Waals surface area contributed by atoms with Crippen LogP contribution in [0.5, 0.6) is 0 Å². The molecule has 0 saturated carbocycles. The van der Waals surface area contributed by atoms with E-state index in [0.717, 1.165) is 13.1 Å². The maximum atomic E-state index is 5.96. The number of thiophene rings is 1. The van der Waals surface area contributed by atoms with Gasteiger partial charge < -0.3 is 10.6 Å². The Morgan fingerprint density at radius 3 is 2.43 bits per heavy atom. The van der Waals surface area contributed by atoms with Gasteiger partial charge in [-0.05, 0) is 36.1 Å². The van der Waals surface area contributed by atoms with Crippen molar-refractivity contribution in [1.82, 2.24) is 0 Å². The quantitative estimate of drug-likeness (QED) is 0.756. The summed E-state index contributed by atoms with van der Waals surface area (Å²) in [7, 11) is 0. The van der Waals surface area contributed by atoms with Crippen LogP contribution < -0.4 is 10.6 Å². The lowest BCUT2D eigenvalue weighted by Crippen LogP contribution is -2.22. The molecule has 0 atom stereocenters. The van der Waals surface area contributed by atoms with E-state index in [0.29, 0.717) is 6.54 Å². The predicted molar refractivity (Wildman–Crippen MR) is 92.9 cm³/mol. The number of rotatable bonds is 5. The number of anilines is 1. The van der Waals surface area contributed by atoms with E-state index < -0.39 is 0 Å². The molecule has 21 heavy (non-hydrogen) atoms. The molecule has 3 aromatic rings. The third-order valence-electron chi connectivity index (χ3n) is 3.82. The Hall–Kier alpha value is -1.84.